The molecule has 5 heteroatoms. The summed E-state index contributed by atoms with van der Waals surface area (Å²) in [6, 6.07) is 23.6. The molecule has 5 rings (SSSR count). The topological polar surface area (TPSA) is 49.4 Å². The molecular formula is C35H39ClN2O2. The van der Waals surface area contributed by atoms with Crippen molar-refractivity contribution in [1.82, 2.24) is 0 Å². The van der Waals surface area contributed by atoms with Crippen molar-refractivity contribution in [2.75, 3.05) is 10.2 Å². The Balaban J connectivity index is 1.63. The third-order valence-electron chi connectivity index (χ3n) is 8.20. The first-order valence-corrected chi connectivity index (χ1v) is 14.9. The van der Waals surface area contributed by atoms with E-state index in [1.54, 1.807) is 0 Å². The Kier molecular flexibility index (Phi) is 8.19. The Morgan fingerprint density at radius 2 is 1.65 bits per heavy atom. The van der Waals surface area contributed by atoms with Crippen LogP contribution in [0.25, 0.3) is 0 Å². The van der Waals surface area contributed by atoms with Crippen LogP contribution < -0.4 is 10.2 Å². The largest absolute Gasteiger partial charge is 0.357 e. The first kappa shape index (κ1) is 28.2. The third-order valence-corrected chi connectivity index (χ3v) is 8.54. The van der Waals surface area contributed by atoms with Gasteiger partial charge in [0.1, 0.15) is 0 Å². The summed E-state index contributed by atoms with van der Waals surface area (Å²) in [4.78, 5) is 30.0. The molecule has 0 radical (unpaired) electrons. The second-order valence-electron chi connectivity index (χ2n) is 12.1. The number of anilines is 2. The van der Waals surface area contributed by atoms with E-state index in [1.807, 2.05) is 53.4 Å². The number of para-hydroxylation sites is 2. The minimum atomic E-state index is -0.592. The SMILES string of the molecule is CCCCCC(=O)N1c2ccccc2NC2=C(C(=O)CC(c3ccc(C(C)(C)C)cc3)C2)C1c1ccccc1Cl. The number of Topliss-reactive ketones (excluding diaryl/α,β-unsaturated/α-hetero) is 1. The summed E-state index contributed by atoms with van der Waals surface area (Å²) in [5.74, 6) is 0.121. The number of allylic oxidation sites excluding steroid dienone is 1. The first-order chi connectivity index (χ1) is 19.2. The van der Waals surface area contributed by atoms with E-state index in [0.29, 0.717) is 29.9 Å². The fourth-order valence-electron chi connectivity index (χ4n) is 5.99. The van der Waals surface area contributed by atoms with Crippen molar-refractivity contribution in [3.05, 3.63) is 106 Å². The van der Waals surface area contributed by atoms with Crippen LogP contribution >= 0.6 is 11.6 Å². The Hall–Kier alpha value is -3.37. The Morgan fingerprint density at radius 1 is 0.950 bits per heavy atom. The van der Waals surface area contributed by atoms with Crippen molar-refractivity contribution < 1.29 is 9.59 Å². The smallest absolute Gasteiger partial charge is 0.227 e. The number of ketones is 1. The summed E-state index contributed by atoms with van der Waals surface area (Å²) in [5, 5.41) is 4.17. The van der Waals surface area contributed by atoms with Crippen LogP contribution in [0.1, 0.15) is 94.9 Å². The lowest BCUT2D eigenvalue weighted by molar-refractivity contribution is -0.119. The number of nitrogens with one attached hydrogen (secondary N) is 1. The van der Waals surface area contributed by atoms with Gasteiger partial charge in [0.25, 0.3) is 0 Å². The molecule has 40 heavy (non-hydrogen) atoms. The summed E-state index contributed by atoms with van der Waals surface area (Å²) in [7, 11) is 0. The highest BCUT2D eigenvalue weighted by Gasteiger charge is 2.42. The number of hydrogen-bond donors (Lipinski definition) is 1. The van der Waals surface area contributed by atoms with Crippen molar-refractivity contribution >= 4 is 34.7 Å². The molecule has 3 aromatic rings. The number of fused-ring (bicyclic) bond motifs is 1. The van der Waals surface area contributed by atoms with Crippen LogP contribution in [0.4, 0.5) is 11.4 Å². The molecule has 0 saturated heterocycles. The summed E-state index contributed by atoms with van der Waals surface area (Å²) in [6.07, 6.45) is 4.32. The van der Waals surface area contributed by atoms with Crippen LogP contribution in [0, 0.1) is 0 Å². The maximum atomic E-state index is 14.2. The van der Waals surface area contributed by atoms with Gasteiger partial charge in [-0.25, -0.2) is 0 Å². The van der Waals surface area contributed by atoms with E-state index >= 15 is 0 Å². The molecule has 4 nitrogen and oxygen atoms in total. The molecule has 1 aliphatic heterocycles. The van der Waals surface area contributed by atoms with Gasteiger partial charge in [0.2, 0.25) is 5.91 Å². The second kappa shape index (κ2) is 11.6. The van der Waals surface area contributed by atoms with Gasteiger partial charge in [-0.3, -0.25) is 14.5 Å². The Morgan fingerprint density at radius 3 is 2.35 bits per heavy atom. The zero-order valence-corrected chi connectivity index (χ0v) is 24.7. The van der Waals surface area contributed by atoms with Gasteiger partial charge in [-0.05, 0) is 59.1 Å². The van der Waals surface area contributed by atoms with Crippen LogP contribution in [0.5, 0.6) is 0 Å². The molecule has 1 N–H and O–H groups in total. The van der Waals surface area contributed by atoms with Crippen LogP contribution in [-0.4, -0.2) is 11.7 Å². The normalized spacial score (nSPS) is 19.0. The summed E-state index contributed by atoms with van der Waals surface area (Å²) >= 11 is 6.80. The number of rotatable bonds is 6. The number of amides is 1. The molecule has 0 aromatic heterocycles. The van der Waals surface area contributed by atoms with Gasteiger partial charge in [-0.15, -0.1) is 0 Å². The van der Waals surface area contributed by atoms with Gasteiger partial charge in [0.15, 0.2) is 5.78 Å². The number of unbranched alkanes of at least 4 members (excludes halogenated alkanes) is 2. The van der Waals surface area contributed by atoms with Gasteiger partial charge in [0.05, 0.1) is 17.4 Å². The fourth-order valence-corrected chi connectivity index (χ4v) is 6.23. The fraction of sp³-hybridized carbons (Fsp3) is 0.371. The molecule has 2 atom stereocenters. The lowest BCUT2D eigenvalue weighted by Crippen LogP contribution is -2.38. The number of benzene rings is 3. The van der Waals surface area contributed by atoms with Crippen LogP contribution in [0.2, 0.25) is 5.02 Å². The maximum Gasteiger partial charge on any atom is 0.227 e. The average molecular weight is 555 g/mol. The Labute approximate surface area is 243 Å². The van der Waals surface area contributed by atoms with Gasteiger partial charge in [-0.2, -0.15) is 0 Å². The summed E-state index contributed by atoms with van der Waals surface area (Å²) in [5.41, 5.74) is 6.42. The second-order valence-corrected chi connectivity index (χ2v) is 12.5. The van der Waals surface area contributed by atoms with Crippen molar-refractivity contribution in [3.8, 4) is 0 Å². The van der Waals surface area contributed by atoms with Crippen molar-refractivity contribution in [2.24, 2.45) is 0 Å². The summed E-state index contributed by atoms with van der Waals surface area (Å²) < 4.78 is 0. The third kappa shape index (κ3) is 5.60. The summed E-state index contributed by atoms with van der Waals surface area (Å²) in [6.45, 7) is 8.76. The minimum Gasteiger partial charge on any atom is -0.357 e. The average Bonchev–Trinajstić information content (AvgIpc) is 3.07. The zero-order chi connectivity index (χ0) is 28.4. The first-order valence-electron chi connectivity index (χ1n) is 14.5. The van der Waals surface area contributed by atoms with Crippen LogP contribution in [-0.2, 0) is 15.0 Å². The predicted molar refractivity (Wildman–Crippen MR) is 165 cm³/mol. The van der Waals surface area contributed by atoms with Gasteiger partial charge in [-0.1, -0.05) is 107 Å². The molecule has 0 bridgehead atoms. The zero-order valence-electron chi connectivity index (χ0n) is 24.0. The number of halogens is 1. The molecule has 3 aromatic carbocycles. The molecular weight excluding hydrogens is 516 g/mol. The molecule has 0 fully saturated rings. The molecule has 0 saturated carbocycles. The van der Waals surface area contributed by atoms with E-state index in [1.165, 1.54) is 5.56 Å². The maximum absolute atomic E-state index is 14.2. The molecule has 2 aliphatic rings. The van der Waals surface area contributed by atoms with Crippen molar-refractivity contribution in [1.29, 1.82) is 0 Å². The molecule has 1 heterocycles. The van der Waals surface area contributed by atoms with Crippen molar-refractivity contribution in [2.45, 2.75) is 83.6 Å². The predicted octanol–water partition coefficient (Wildman–Crippen LogP) is 9.12. The lowest BCUT2D eigenvalue weighted by atomic mass is 9.77. The highest BCUT2D eigenvalue weighted by Crippen LogP contribution is 2.48. The number of hydrogen-bond acceptors (Lipinski definition) is 3. The molecule has 2 unspecified atom stereocenters. The molecule has 1 aliphatic carbocycles. The van der Waals surface area contributed by atoms with Gasteiger partial charge < -0.3 is 5.32 Å². The van der Waals surface area contributed by atoms with E-state index in [0.717, 1.165) is 47.5 Å². The van der Waals surface area contributed by atoms with Gasteiger partial charge in [0, 0.05) is 29.1 Å². The molecule has 208 valence electrons. The van der Waals surface area contributed by atoms with E-state index in [2.05, 4.69) is 57.3 Å². The highest BCUT2D eigenvalue weighted by atomic mass is 35.5. The molecule has 0 spiro atoms. The lowest BCUT2D eigenvalue weighted by Gasteiger charge is -2.35. The van der Waals surface area contributed by atoms with Crippen LogP contribution in [0.15, 0.2) is 84.1 Å². The van der Waals surface area contributed by atoms with Gasteiger partial charge >= 0.3 is 0 Å². The van der Waals surface area contributed by atoms with Crippen molar-refractivity contribution in [3.63, 3.8) is 0 Å². The minimum absolute atomic E-state index is 0.00839. The number of carbonyl (C=O) groups is 2. The standard InChI is InChI=1S/C35H39ClN2O2/c1-5-6-7-16-32(40)38-30-15-11-10-14-28(30)37-29-21-24(23-17-19-25(20-18-23)35(2,3)4)22-31(39)33(29)34(38)26-12-8-9-13-27(26)36/h8-15,17-20,24,34,37H,5-7,16,21-22H2,1-4H3. The van der Waals surface area contributed by atoms with E-state index < -0.39 is 6.04 Å². The molecule has 1 amide bonds. The number of nitrogens with zero attached hydrogens (tertiary/aromatic N) is 1. The Bertz CT molecular complexity index is 1430. The highest BCUT2D eigenvalue weighted by molar-refractivity contribution is 6.31. The van der Waals surface area contributed by atoms with E-state index in [4.69, 9.17) is 11.6 Å². The monoisotopic (exact) mass is 554 g/mol. The number of carbonyl (C=O) groups excluding carboxylic acids is 2. The quantitative estimate of drug-likeness (QED) is 0.309. The van der Waals surface area contributed by atoms with E-state index in [-0.39, 0.29) is 23.0 Å². The van der Waals surface area contributed by atoms with E-state index in [9.17, 15) is 9.59 Å². The van der Waals surface area contributed by atoms with Crippen LogP contribution in [0.3, 0.4) is 0 Å².